The SMILES string of the molecule is CC(C)(C)OC(=O)Nc1cc(CN2CCN(C(=O)OCC3c4ccccc4-c4ccccc43)CC2)cc(N=[N+]=[N-])c1. The molecule has 1 saturated heterocycles. The van der Waals surface area contributed by atoms with Gasteiger partial charge in [0.05, 0.1) is 0 Å². The van der Waals surface area contributed by atoms with Crippen LogP contribution in [0, 0.1) is 0 Å². The number of benzene rings is 3. The minimum atomic E-state index is -0.637. The molecule has 0 unspecified atom stereocenters. The molecule has 212 valence electrons. The fraction of sp³-hybridized carbons (Fsp3) is 0.355. The molecule has 10 heteroatoms. The van der Waals surface area contributed by atoms with Gasteiger partial charge in [0, 0.05) is 54.9 Å². The number of amides is 2. The van der Waals surface area contributed by atoms with Gasteiger partial charge in [-0.25, -0.2) is 9.59 Å². The minimum absolute atomic E-state index is 0.0273. The summed E-state index contributed by atoms with van der Waals surface area (Å²) in [5, 5.41) is 6.43. The van der Waals surface area contributed by atoms with Crippen LogP contribution in [-0.4, -0.2) is 60.4 Å². The highest BCUT2D eigenvalue weighted by molar-refractivity contribution is 5.85. The number of rotatable bonds is 6. The average Bonchev–Trinajstić information content (AvgIpc) is 3.25. The first-order chi connectivity index (χ1) is 19.7. The first-order valence-corrected chi connectivity index (χ1v) is 13.7. The van der Waals surface area contributed by atoms with E-state index in [9.17, 15) is 9.59 Å². The molecule has 2 aliphatic rings. The summed E-state index contributed by atoms with van der Waals surface area (Å²) < 4.78 is 11.2. The van der Waals surface area contributed by atoms with Crippen molar-refractivity contribution in [2.24, 2.45) is 5.11 Å². The van der Waals surface area contributed by atoms with Gasteiger partial charge < -0.3 is 14.4 Å². The molecule has 0 spiro atoms. The Balaban J connectivity index is 1.16. The topological polar surface area (TPSA) is 120 Å². The molecule has 1 aliphatic carbocycles. The Labute approximate surface area is 239 Å². The number of hydrogen-bond acceptors (Lipinski definition) is 6. The van der Waals surface area contributed by atoms with Gasteiger partial charge >= 0.3 is 12.2 Å². The first-order valence-electron chi connectivity index (χ1n) is 13.7. The highest BCUT2D eigenvalue weighted by atomic mass is 16.6. The van der Waals surface area contributed by atoms with Gasteiger partial charge in [-0.1, -0.05) is 53.6 Å². The van der Waals surface area contributed by atoms with Crippen LogP contribution in [0.4, 0.5) is 21.0 Å². The van der Waals surface area contributed by atoms with E-state index in [1.807, 2.05) is 30.3 Å². The lowest BCUT2D eigenvalue weighted by atomic mass is 9.98. The Morgan fingerprint density at radius 3 is 2.22 bits per heavy atom. The highest BCUT2D eigenvalue weighted by Crippen LogP contribution is 2.44. The van der Waals surface area contributed by atoms with Gasteiger partial charge in [0.2, 0.25) is 0 Å². The molecule has 0 saturated carbocycles. The number of fused-ring (bicyclic) bond motifs is 3. The molecule has 1 fully saturated rings. The first kappa shape index (κ1) is 28.0. The number of carbonyl (C=O) groups excluding carboxylic acids is 2. The lowest BCUT2D eigenvalue weighted by Gasteiger charge is -2.34. The summed E-state index contributed by atoms with van der Waals surface area (Å²) in [6.07, 6.45) is -0.890. The lowest BCUT2D eigenvalue weighted by molar-refractivity contribution is 0.0635. The van der Waals surface area contributed by atoms with E-state index in [4.69, 9.17) is 15.0 Å². The Kier molecular flexibility index (Phi) is 8.14. The van der Waals surface area contributed by atoms with Crippen molar-refractivity contribution in [1.82, 2.24) is 9.80 Å². The van der Waals surface area contributed by atoms with E-state index in [-0.39, 0.29) is 12.0 Å². The summed E-state index contributed by atoms with van der Waals surface area (Å²) in [6.45, 7) is 8.62. The van der Waals surface area contributed by atoms with Gasteiger partial charge in [-0.3, -0.25) is 10.2 Å². The Hall–Kier alpha value is -4.53. The van der Waals surface area contributed by atoms with Gasteiger partial charge in [0.1, 0.15) is 12.2 Å². The van der Waals surface area contributed by atoms with Crippen LogP contribution in [0.25, 0.3) is 21.6 Å². The molecule has 1 N–H and O–H groups in total. The Morgan fingerprint density at radius 2 is 1.61 bits per heavy atom. The molecule has 3 aromatic carbocycles. The Morgan fingerprint density at radius 1 is 0.976 bits per heavy atom. The van der Waals surface area contributed by atoms with E-state index in [2.05, 4.69) is 44.5 Å². The van der Waals surface area contributed by atoms with Crippen molar-refractivity contribution in [2.45, 2.75) is 38.8 Å². The summed E-state index contributed by atoms with van der Waals surface area (Å²) in [4.78, 5) is 32.1. The maximum absolute atomic E-state index is 13.0. The van der Waals surface area contributed by atoms with Crippen molar-refractivity contribution in [1.29, 1.82) is 0 Å². The van der Waals surface area contributed by atoms with Crippen LogP contribution in [0.2, 0.25) is 0 Å². The zero-order chi connectivity index (χ0) is 29.0. The van der Waals surface area contributed by atoms with Crippen LogP contribution < -0.4 is 5.32 Å². The summed E-state index contributed by atoms with van der Waals surface area (Å²) >= 11 is 0. The van der Waals surface area contributed by atoms with Crippen LogP contribution in [-0.2, 0) is 16.0 Å². The normalized spacial score (nSPS) is 15.0. The predicted octanol–water partition coefficient (Wildman–Crippen LogP) is 7.04. The molecular weight excluding hydrogens is 520 g/mol. The monoisotopic (exact) mass is 554 g/mol. The number of nitrogens with zero attached hydrogens (tertiary/aromatic N) is 5. The second kappa shape index (κ2) is 11.9. The third-order valence-electron chi connectivity index (χ3n) is 7.16. The van der Waals surface area contributed by atoms with E-state index in [0.29, 0.717) is 50.7 Å². The maximum atomic E-state index is 13.0. The molecule has 5 rings (SSSR count). The van der Waals surface area contributed by atoms with Crippen LogP contribution in [0.5, 0.6) is 0 Å². The van der Waals surface area contributed by atoms with Crippen molar-refractivity contribution in [3.63, 3.8) is 0 Å². The third kappa shape index (κ3) is 6.80. The fourth-order valence-electron chi connectivity index (χ4n) is 5.40. The number of anilines is 1. The van der Waals surface area contributed by atoms with Gasteiger partial charge in [-0.15, -0.1) is 0 Å². The molecule has 0 atom stereocenters. The molecule has 1 heterocycles. The largest absolute Gasteiger partial charge is 0.448 e. The molecular formula is C31H34N6O4. The predicted molar refractivity (Wildman–Crippen MR) is 157 cm³/mol. The summed E-state index contributed by atoms with van der Waals surface area (Å²) in [7, 11) is 0. The van der Waals surface area contributed by atoms with E-state index >= 15 is 0 Å². The van der Waals surface area contributed by atoms with Crippen molar-refractivity contribution in [3.05, 3.63) is 93.9 Å². The van der Waals surface area contributed by atoms with Crippen molar-refractivity contribution >= 4 is 23.6 Å². The van der Waals surface area contributed by atoms with Crippen molar-refractivity contribution < 1.29 is 19.1 Å². The second-order valence-electron chi connectivity index (χ2n) is 11.3. The molecule has 2 amide bonds. The second-order valence-corrected chi connectivity index (χ2v) is 11.3. The van der Waals surface area contributed by atoms with Crippen LogP contribution >= 0.6 is 0 Å². The molecule has 0 bridgehead atoms. The Bertz CT molecular complexity index is 1440. The van der Waals surface area contributed by atoms with Crippen molar-refractivity contribution in [3.8, 4) is 11.1 Å². The molecule has 10 nitrogen and oxygen atoms in total. The summed E-state index contributed by atoms with van der Waals surface area (Å²) in [6, 6.07) is 21.8. The average molecular weight is 555 g/mol. The zero-order valence-corrected chi connectivity index (χ0v) is 23.5. The van der Waals surface area contributed by atoms with Crippen LogP contribution in [0.1, 0.15) is 43.4 Å². The summed E-state index contributed by atoms with van der Waals surface area (Å²) in [5.41, 5.74) is 14.8. The van der Waals surface area contributed by atoms with Crippen LogP contribution in [0.15, 0.2) is 71.8 Å². The van der Waals surface area contributed by atoms with E-state index < -0.39 is 11.7 Å². The lowest BCUT2D eigenvalue weighted by Crippen LogP contribution is -2.48. The number of nitrogens with one attached hydrogen (secondary N) is 1. The maximum Gasteiger partial charge on any atom is 0.412 e. The van der Waals surface area contributed by atoms with Gasteiger partial charge in [-0.05, 0) is 72.3 Å². The standard InChI is InChI=1S/C31H34N6O4/c1-31(2,3)41-29(38)33-22-16-21(17-23(18-22)34-35-32)19-36-12-14-37(15-13-36)30(39)40-20-28-26-10-6-4-8-24(26)25-9-5-7-11-27(25)28/h4-11,16-18,28H,12-15,19-20H2,1-3H3,(H,33,38). The molecule has 0 aromatic heterocycles. The zero-order valence-electron chi connectivity index (χ0n) is 23.5. The number of hydrogen-bond donors (Lipinski definition) is 1. The quantitative estimate of drug-likeness (QED) is 0.199. The summed E-state index contributed by atoms with van der Waals surface area (Å²) in [5.74, 6) is 0.0273. The molecule has 3 aromatic rings. The van der Waals surface area contributed by atoms with Gasteiger partial charge in [0.25, 0.3) is 0 Å². The van der Waals surface area contributed by atoms with Gasteiger partial charge in [0.15, 0.2) is 0 Å². The van der Waals surface area contributed by atoms with E-state index in [1.54, 1.807) is 37.8 Å². The smallest absolute Gasteiger partial charge is 0.412 e. The number of azide groups is 1. The number of piperazine rings is 1. The minimum Gasteiger partial charge on any atom is -0.448 e. The molecule has 41 heavy (non-hydrogen) atoms. The van der Waals surface area contributed by atoms with Crippen molar-refractivity contribution in [2.75, 3.05) is 38.1 Å². The highest BCUT2D eigenvalue weighted by Gasteiger charge is 2.30. The molecule has 1 aliphatic heterocycles. The van der Waals surface area contributed by atoms with Gasteiger partial charge in [-0.2, -0.15) is 0 Å². The number of ether oxygens (including phenoxy) is 2. The molecule has 0 radical (unpaired) electrons. The fourth-order valence-corrected chi connectivity index (χ4v) is 5.40. The van der Waals surface area contributed by atoms with E-state index in [0.717, 1.165) is 5.56 Å². The van der Waals surface area contributed by atoms with Crippen LogP contribution in [0.3, 0.4) is 0 Å². The third-order valence-corrected chi connectivity index (χ3v) is 7.16. The van der Waals surface area contributed by atoms with E-state index in [1.165, 1.54) is 22.3 Å². The number of carbonyl (C=O) groups is 2.